The third-order valence-electron chi connectivity index (χ3n) is 6.09. The highest BCUT2D eigenvalue weighted by Crippen LogP contribution is 2.34. The number of methoxy groups -OCH3 is 1. The monoisotopic (exact) mass is 461 g/mol. The highest BCUT2D eigenvalue weighted by atomic mass is 32.1. The van der Waals surface area contributed by atoms with E-state index in [0.29, 0.717) is 13.1 Å². The Balaban J connectivity index is 1.31. The molecule has 1 aliphatic heterocycles. The second-order valence-corrected chi connectivity index (χ2v) is 9.27. The summed E-state index contributed by atoms with van der Waals surface area (Å²) in [7, 11) is 1.65. The van der Waals surface area contributed by atoms with Crippen LogP contribution in [0.15, 0.2) is 54.6 Å². The lowest BCUT2D eigenvalue weighted by Gasteiger charge is -2.31. The summed E-state index contributed by atoms with van der Waals surface area (Å²) in [6, 6.07) is 17.9. The number of amides is 1. The minimum absolute atomic E-state index is 0.0628. The maximum absolute atomic E-state index is 13.0. The number of fused-ring (bicyclic) bond motifs is 1. The summed E-state index contributed by atoms with van der Waals surface area (Å²) in [5.41, 5.74) is 3.83. The Kier molecular flexibility index (Phi) is 6.00. The summed E-state index contributed by atoms with van der Waals surface area (Å²) in [6.45, 7) is 4.07. The molecular formula is C25H27N5O2S. The number of carbonyl (C=O) groups excluding carboxylic acids is 1. The van der Waals surface area contributed by atoms with Gasteiger partial charge in [0.25, 0.3) is 0 Å². The molecule has 1 amide bonds. The zero-order valence-corrected chi connectivity index (χ0v) is 19.6. The Bertz CT molecular complexity index is 1270. The summed E-state index contributed by atoms with van der Waals surface area (Å²) in [5.74, 6) is 0.811. The van der Waals surface area contributed by atoms with Crippen molar-refractivity contribution in [3.8, 4) is 11.4 Å². The van der Waals surface area contributed by atoms with Crippen molar-refractivity contribution >= 4 is 32.7 Å². The average Bonchev–Trinajstić information content (AvgIpc) is 3.44. The molecule has 170 valence electrons. The fourth-order valence-electron chi connectivity index (χ4n) is 4.35. The van der Waals surface area contributed by atoms with Gasteiger partial charge >= 0.3 is 0 Å². The topological polar surface area (TPSA) is 72.3 Å². The molecule has 0 saturated carbocycles. The van der Waals surface area contributed by atoms with Gasteiger partial charge in [0.1, 0.15) is 5.75 Å². The van der Waals surface area contributed by atoms with E-state index >= 15 is 0 Å². The van der Waals surface area contributed by atoms with Crippen LogP contribution in [0.2, 0.25) is 0 Å². The number of hydrogen-bond acceptors (Lipinski definition) is 6. The zero-order valence-electron chi connectivity index (χ0n) is 18.8. The fourth-order valence-corrected chi connectivity index (χ4v) is 5.37. The van der Waals surface area contributed by atoms with Crippen LogP contribution in [-0.4, -0.2) is 40.9 Å². The van der Waals surface area contributed by atoms with E-state index in [9.17, 15) is 4.79 Å². The molecule has 0 radical (unpaired) electrons. The van der Waals surface area contributed by atoms with Crippen molar-refractivity contribution in [3.05, 3.63) is 65.9 Å². The maximum Gasteiger partial charge on any atom is 0.225 e. The number of carbonyl (C=O) groups is 1. The van der Waals surface area contributed by atoms with Gasteiger partial charge in [-0.05, 0) is 38.0 Å². The van der Waals surface area contributed by atoms with Gasteiger partial charge in [0.15, 0.2) is 10.8 Å². The van der Waals surface area contributed by atoms with Crippen LogP contribution in [0, 0.1) is 12.8 Å². The van der Waals surface area contributed by atoms with Crippen LogP contribution in [0.25, 0.3) is 16.0 Å². The molecule has 0 aliphatic carbocycles. The Morgan fingerprint density at radius 3 is 2.79 bits per heavy atom. The molecule has 1 saturated heterocycles. The minimum Gasteiger partial charge on any atom is -0.496 e. The number of para-hydroxylation sites is 2. The molecule has 0 unspecified atom stereocenters. The molecule has 4 aromatic rings. The number of hydrogen-bond donors (Lipinski definition) is 1. The van der Waals surface area contributed by atoms with Gasteiger partial charge in [0.05, 0.1) is 29.1 Å². The highest BCUT2D eigenvalue weighted by molar-refractivity contribution is 7.22. The molecule has 2 aromatic carbocycles. The smallest absolute Gasteiger partial charge is 0.225 e. The standard InChI is InChI=1S/C25H27N5O2S/c1-17-22-23(30(28-17)20-11-4-3-5-12-20)27-25(33-22)29-14-8-10-19(16-29)24(31)26-15-18-9-6-7-13-21(18)32-2/h3-7,9,11-13,19H,8,10,14-16H2,1-2H3,(H,26,31)/t19-/m1/s1. The number of ether oxygens (including phenoxy) is 1. The number of nitrogens with zero attached hydrogens (tertiary/aromatic N) is 4. The lowest BCUT2D eigenvalue weighted by molar-refractivity contribution is -0.125. The van der Waals surface area contributed by atoms with Crippen LogP contribution < -0.4 is 15.0 Å². The van der Waals surface area contributed by atoms with Crippen LogP contribution in [0.4, 0.5) is 5.13 Å². The Morgan fingerprint density at radius 2 is 1.97 bits per heavy atom. The molecule has 33 heavy (non-hydrogen) atoms. The van der Waals surface area contributed by atoms with Gasteiger partial charge in [-0.3, -0.25) is 4.79 Å². The molecular weight excluding hydrogens is 434 g/mol. The van der Waals surface area contributed by atoms with Gasteiger partial charge in [0, 0.05) is 25.2 Å². The molecule has 8 heteroatoms. The first-order valence-corrected chi connectivity index (χ1v) is 12.0. The second kappa shape index (κ2) is 9.23. The number of aryl methyl sites for hydroxylation is 1. The molecule has 3 heterocycles. The van der Waals surface area contributed by atoms with Crippen molar-refractivity contribution in [1.29, 1.82) is 0 Å². The molecule has 1 aliphatic rings. The van der Waals surface area contributed by atoms with Gasteiger partial charge in [-0.25, -0.2) is 4.68 Å². The first kappa shape index (κ1) is 21.5. The predicted octanol–water partition coefficient (Wildman–Crippen LogP) is 4.33. The van der Waals surface area contributed by atoms with E-state index in [1.54, 1.807) is 18.4 Å². The number of rotatable bonds is 6. The summed E-state index contributed by atoms with van der Waals surface area (Å²) < 4.78 is 8.40. The van der Waals surface area contributed by atoms with E-state index in [2.05, 4.69) is 15.3 Å². The Morgan fingerprint density at radius 1 is 1.18 bits per heavy atom. The number of aromatic nitrogens is 3. The summed E-state index contributed by atoms with van der Waals surface area (Å²) in [4.78, 5) is 20.1. The number of thiazole rings is 1. The van der Waals surface area contributed by atoms with E-state index in [1.165, 1.54) is 0 Å². The lowest BCUT2D eigenvalue weighted by atomic mass is 9.97. The third-order valence-corrected chi connectivity index (χ3v) is 7.30. The molecule has 1 N–H and O–H groups in total. The van der Waals surface area contributed by atoms with Crippen LogP contribution in [0.5, 0.6) is 5.75 Å². The third kappa shape index (κ3) is 4.30. The minimum atomic E-state index is -0.0628. The SMILES string of the molecule is COc1ccccc1CNC(=O)[C@@H]1CCCN(c2nc3c(s2)c(C)nn3-c2ccccc2)C1. The van der Waals surface area contributed by atoms with Crippen molar-refractivity contribution in [3.63, 3.8) is 0 Å². The highest BCUT2D eigenvalue weighted by Gasteiger charge is 2.28. The molecule has 0 spiro atoms. The predicted molar refractivity (Wildman–Crippen MR) is 131 cm³/mol. The van der Waals surface area contributed by atoms with E-state index in [1.807, 2.05) is 66.2 Å². The van der Waals surface area contributed by atoms with Crippen molar-refractivity contribution in [2.24, 2.45) is 5.92 Å². The normalized spacial score (nSPS) is 16.2. The summed E-state index contributed by atoms with van der Waals surface area (Å²) >= 11 is 1.66. The zero-order chi connectivity index (χ0) is 22.8. The van der Waals surface area contributed by atoms with Crippen molar-refractivity contribution in [2.45, 2.75) is 26.3 Å². The molecule has 2 aromatic heterocycles. The van der Waals surface area contributed by atoms with E-state index in [0.717, 1.165) is 57.6 Å². The van der Waals surface area contributed by atoms with Crippen LogP contribution in [0.1, 0.15) is 24.1 Å². The Labute approximate surface area is 197 Å². The lowest BCUT2D eigenvalue weighted by Crippen LogP contribution is -2.43. The van der Waals surface area contributed by atoms with Gasteiger partial charge < -0.3 is 15.0 Å². The summed E-state index contributed by atoms with van der Waals surface area (Å²) in [6.07, 6.45) is 1.85. The van der Waals surface area contributed by atoms with Crippen LogP contribution in [-0.2, 0) is 11.3 Å². The first-order chi connectivity index (χ1) is 16.1. The van der Waals surface area contributed by atoms with Gasteiger partial charge in [-0.15, -0.1) is 0 Å². The quantitative estimate of drug-likeness (QED) is 0.463. The number of benzene rings is 2. The number of nitrogens with one attached hydrogen (secondary N) is 1. The molecule has 1 atom stereocenters. The Hall–Kier alpha value is -3.39. The van der Waals surface area contributed by atoms with E-state index in [-0.39, 0.29) is 11.8 Å². The molecule has 0 bridgehead atoms. The summed E-state index contributed by atoms with van der Waals surface area (Å²) in [5, 5.41) is 8.74. The number of anilines is 1. The van der Waals surface area contributed by atoms with Gasteiger partial charge in [-0.2, -0.15) is 10.1 Å². The van der Waals surface area contributed by atoms with Gasteiger partial charge in [0.2, 0.25) is 5.91 Å². The molecule has 5 rings (SSSR count). The van der Waals surface area contributed by atoms with E-state index < -0.39 is 0 Å². The maximum atomic E-state index is 13.0. The van der Waals surface area contributed by atoms with Crippen LogP contribution >= 0.6 is 11.3 Å². The fraction of sp³-hybridized carbons (Fsp3) is 0.320. The van der Waals surface area contributed by atoms with Crippen molar-refractivity contribution in [1.82, 2.24) is 20.1 Å². The first-order valence-electron chi connectivity index (χ1n) is 11.2. The average molecular weight is 462 g/mol. The van der Waals surface area contributed by atoms with Crippen LogP contribution in [0.3, 0.4) is 0 Å². The van der Waals surface area contributed by atoms with Gasteiger partial charge in [-0.1, -0.05) is 47.7 Å². The number of piperidine rings is 1. The second-order valence-electron chi connectivity index (χ2n) is 8.30. The molecule has 1 fully saturated rings. The largest absolute Gasteiger partial charge is 0.496 e. The van der Waals surface area contributed by atoms with Crippen molar-refractivity contribution < 1.29 is 9.53 Å². The molecule has 7 nitrogen and oxygen atoms in total. The van der Waals surface area contributed by atoms with Crippen molar-refractivity contribution in [2.75, 3.05) is 25.1 Å². The van der Waals surface area contributed by atoms with E-state index in [4.69, 9.17) is 9.72 Å².